The van der Waals surface area contributed by atoms with Gasteiger partial charge in [0.25, 0.3) is 5.92 Å². The summed E-state index contributed by atoms with van der Waals surface area (Å²) in [5, 5.41) is 0. The molecular formula is C13H13F2NO. The van der Waals surface area contributed by atoms with Crippen molar-refractivity contribution in [3.63, 3.8) is 0 Å². The molecule has 90 valence electrons. The molecule has 0 spiro atoms. The minimum Gasteiger partial charge on any atom is -0.335 e. The molecule has 1 saturated heterocycles. The van der Waals surface area contributed by atoms with E-state index < -0.39 is 23.7 Å². The van der Waals surface area contributed by atoms with Crippen molar-refractivity contribution in [2.45, 2.75) is 18.9 Å². The van der Waals surface area contributed by atoms with E-state index in [1.807, 2.05) is 37.3 Å². The zero-order chi connectivity index (χ0) is 12.2. The predicted octanol–water partition coefficient (Wildman–Crippen LogP) is 2.47. The van der Waals surface area contributed by atoms with Crippen molar-refractivity contribution in [1.82, 2.24) is 4.90 Å². The van der Waals surface area contributed by atoms with Crippen LogP contribution in [0.25, 0.3) is 0 Å². The third-order valence-electron chi connectivity index (χ3n) is 3.89. The molecule has 0 N–H and O–H groups in total. The number of fused-ring (bicyclic) bond motifs is 1. The topological polar surface area (TPSA) is 20.3 Å². The molecule has 3 atom stereocenters. The number of carbonyl (C=O) groups is 1. The van der Waals surface area contributed by atoms with Crippen molar-refractivity contribution in [1.29, 1.82) is 0 Å². The van der Waals surface area contributed by atoms with Crippen LogP contribution in [0.1, 0.15) is 18.5 Å². The second-order valence-corrected chi connectivity index (χ2v) is 4.84. The van der Waals surface area contributed by atoms with E-state index in [4.69, 9.17) is 0 Å². The Labute approximate surface area is 98.2 Å². The Bertz CT molecular complexity index is 460. The van der Waals surface area contributed by atoms with Gasteiger partial charge in [0.15, 0.2) is 0 Å². The fourth-order valence-electron chi connectivity index (χ4n) is 2.70. The summed E-state index contributed by atoms with van der Waals surface area (Å²) in [4.78, 5) is 13.4. The number of carbonyl (C=O) groups excluding carboxylic acids is 1. The van der Waals surface area contributed by atoms with Gasteiger partial charge in [-0.2, -0.15) is 0 Å². The molecule has 2 aliphatic rings. The SMILES string of the molecule is CC(c1ccccc1)N1CC2C(C1=O)C2(F)F. The van der Waals surface area contributed by atoms with Crippen LogP contribution in [-0.2, 0) is 4.79 Å². The summed E-state index contributed by atoms with van der Waals surface area (Å²) in [6.45, 7) is 2.07. The van der Waals surface area contributed by atoms with Crippen LogP contribution in [0.15, 0.2) is 30.3 Å². The summed E-state index contributed by atoms with van der Waals surface area (Å²) >= 11 is 0. The number of hydrogen-bond acceptors (Lipinski definition) is 1. The molecule has 0 radical (unpaired) electrons. The van der Waals surface area contributed by atoms with Crippen molar-refractivity contribution in [3.05, 3.63) is 35.9 Å². The van der Waals surface area contributed by atoms with Gasteiger partial charge in [-0.05, 0) is 12.5 Å². The summed E-state index contributed by atoms with van der Waals surface area (Å²) in [6, 6.07) is 9.39. The molecule has 2 fully saturated rings. The lowest BCUT2D eigenvalue weighted by Crippen LogP contribution is -2.34. The summed E-state index contributed by atoms with van der Waals surface area (Å²) in [5.41, 5.74) is 0.991. The first-order valence-corrected chi connectivity index (χ1v) is 5.76. The first-order chi connectivity index (χ1) is 8.03. The highest BCUT2D eigenvalue weighted by Crippen LogP contribution is 2.60. The van der Waals surface area contributed by atoms with Gasteiger partial charge in [0.2, 0.25) is 5.91 Å². The van der Waals surface area contributed by atoms with E-state index in [2.05, 4.69) is 0 Å². The molecule has 3 rings (SSSR count). The number of amides is 1. The van der Waals surface area contributed by atoms with Crippen molar-refractivity contribution in [2.75, 3.05) is 6.54 Å². The van der Waals surface area contributed by atoms with Crippen LogP contribution in [0.3, 0.4) is 0 Å². The molecule has 17 heavy (non-hydrogen) atoms. The molecule has 0 bridgehead atoms. The normalized spacial score (nSPS) is 31.2. The van der Waals surface area contributed by atoms with Gasteiger partial charge in [0, 0.05) is 6.54 Å². The third-order valence-corrected chi connectivity index (χ3v) is 3.89. The van der Waals surface area contributed by atoms with Crippen LogP contribution in [-0.4, -0.2) is 23.3 Å². The lowest BCUT2D eigenvalue weighted by molar-refractivity contribution is -0.136. The Morgan fingerprint density at radius 2 is 2.00 bits per heavy atom. The number of piperidine rings is 1. The molecule has 1 aromatic carbocycles. The fraction of sp³-hybridized carbons (Fsp3) is 0.462. The molecule has 1 amide bonds. The largest absolute Gasteiger partial charge is 0.335 e. The molecule has 3 unspecified atom stereocenters. The van der Waals surface area contributed by atoms with E-state index in [9.17, 15) is 13.6 Å². The maximum Gasteiger partial charge on any atom is 0.265 e. The van der Waals surface area contributed by atoms with Crippen molar-refractivity contribution >= 4 is 5.91 Å². The fourth-order valence-corrected chi connectivity index (χ4v) is 2.70. The van der Waals surface area contributed by atoms with Gasteiger partial charge in [-0.25, -0.2) is 8.78 Å². The number of likely N-dealkylation sites (tertiary alicyclic amines) is 1. The Morgan fingerprint density at radius 3 is 2.53 bits per heavy atom. The number of halogens is 2. The minimum absolute atomic E-state index is 0.118. The average Bonchev–Trinajstić information content (AvgIpc) is 2.68. The van der Waals surface area contributed by atoms with Gasteiger partial charge in [0.1, 0.15) is 5.92 Å². The minimum atomic E-state index is -2.75. The van der Waals surface area contributed by atoms with E-state index in [0.29, 0.717) is 0 Å². The molecule has 1 aliphatic heterocycles. The highest BCUT2D eigenvalue weighted by Gasteiger charge is 2.76. The number of benzene rings is 1. The van der Waals surface area contributed by atoms with Gasteiger partial charge in [-0.1, -0.05) is 30.3 Å². The molecule has 2 nitrogen and oxygen atoms in total. The van der Waals surface area contributed by atoms with Crippen molar-refractivity contribution in [2.24, 2.45) is 11.8 Å². The van der Waals surface area contributed by atoms with E-state index in [0.717, 1.165) is 5.56 Å². The lowest BCUT2D eigenvalue weighted by atomic mass is 10.1. The highest BCUT2D eigenvalue weighted by atomic mass is 19.3. The zero-order valence-electron chi connectivity index (χ0n) is 9.44. The monoisotopic (exact) mass is 237 g/mol. The third kappa shape index (κ3) is 1.39. The maximum absolute atomic E-state index is 13.1. The smallest absolute Gasteiger partial charge is 0.265 e. The van der Waals surface area contributed by atoms with Crippen molar-refractivity contribution in [3.8, 4) is 0 Å². The Hall–Kier alpha value is -1.45. The van der Waals surface area contributed by atoms with E-state index in [1.165, 1.54) is 0 Å². The van der Waals surface area contributed by atoms with Gasteiger partial charge in [0.05, 0.1) is 12.0 Å². The second kappa shape index (κ2) is 3.28. The van der Waals surface area contributed by atoms with E-state index >= 15 is 0 Å². The number of alkyl halides is 2. The number of rotatable bonds is 2. The van der Waals surface area contributed by atoms with Crippen LogP contribution in [0.4, 0.5) is 8.78 Å². The number of hydrogen-bond donors (Lipinski definition) is 0. The standard InChI is InChI=1S/C13H13F2NO/c1-8(9-5-3-2-4-6-9)16-7-10-11(12(16)17)13(10,14)15/h2-6,8,10-11H,7H2,1H3. The lowest BCUT2D eigenvalue weighted by Gasteiger charge is -2.27. The predicted molar refractivity (Wildman–Crippen MR) is 58.5 cm³/mol. The van der Waals surface area contributed by atoms with Gasteiger partial charge < -0.3 is 4.90 Å². The Kier molecular flexibility index (Phi) is 2.06. The maximum atomic E-state index is 13.1. The molecule has 1 saturated carbocycles. The summed E-state index contributed by atoms with van der Waals surface area (Å²) in [5.74, 6) is -4.93. The van der Waals surface area contributed by atoms with Gasteiger partial charge >= 0.3 is 0 Å². The summed E-state index contributed by atoms with van der Waals surface area (Å²) in [7, 11) is 0. The Balaban J connectivity index is 1.79. The quantitative estimate of drug-likeness (QED) is 0.773. The van der Waals surface area contributed by atoms with Crippen LogP contribution < -0.4 is 0 Å². The molecule has 0 aromatic heterocycles. The Morgan fingerprint density at radius 1 is 1.35 bits per heavy atom. The highest BCUT2D eigenvalue weighted by molar-refractivity contribution is 5.87. The van der Waals surface area contributed by atoms with Gasteiger partial charge in [-0.3, -0.25) is 4.79 Å². The van der Waals surface area contributed by atoms with Crippen LogP contribution in [0.5, 0.6) is 0 Å². The molecular weight excluding hydrogens is 224 g/mol. The summed E-state index contributed by atoms with van der Waals surface area (Å²) < 4.78 is 26.2. The van der Waals surface area contributed by atoms with Crippen LogP contribution in [0, 0.1) is 11.8 Å². The van der Waals surface area contributed by atoms with Gasteiger partial charge in [-0.15, -0.1) is 0 Å². The van der Waals surface area contributed by atoms with E-state index in [1.54, 1.807) is 4.90 Å². The van der Waals surface area contributed by atoms with Crippen LogP contribution in [0.2, 0.25) is 0 Å². The second-order valence-electron chi connectivity index (χ2n) is 4.84. The summed E-state index contributed by atoms with van der Waals surface area (Å²) in [6.07, 6.45) is 0. The molecule has 1 heterocycles. The van der Waals surface area contributed by atoms with Crippen LogP contribution >= 0.6 is 0 Å². The molecule has 1 aliphatic carbocycles. The number of nitrogens with zero attached hydrogens (tertiary/aromatic N) is 1. The average molecular weight is 237 g/mol. The van der Waals surface area contributed by atoms with E-state index in [-0.39, 0.29) is 12.6 Å². The zero-order valence-corrected chi connectivity index (χ0v) is 9.44. The first kappa shape index (κ1) is 10.7. The first-order valence-electron chi connectivity index (χ1n) is 5.76. The molecule has 4 heteroatoms. The van der Waals surface area contributed by atoms with Crippen molar-refractivity contribution < 1.29 is 13.6 Å². The molecule has 1 aromatic rings.